The third-order valence-corrected chi connectivity index (χ3v) is 8.30. The minimum atomic E-state index is -4.65. The average molecular weight is 911 g/mol. The zero-order valence-corrected chi connectivity index (χ0v) is 31.9. The molecule has 0 atom stereocenters. The van der Waals surface area contributed by atoms with E-state index in [0.717, 1.165) is 45.7 Å². The predicted octanol–water partition coefficient (Wildman–Crippen LogP) is 5.08. The van der Waals surface area contributed by atoms with Crippen LogP contribution in [0, 0.1) is 69.5 Å². The summed E-state index contributed by atoms with van der Waals surface area (Å²) in [6.45, 7) is 8.70. The van der Waals surface area contributed by atoms with Gasteiger partial charge in [0.1, 0.15) is 17.6 Å². The molecular weight excluding hydrogens is 881 g/mol. The van der Waals surface area contributed by atoms with Gasteiger partial charge in [-0.15, -0.1) is 35.6 Å². The molecule has 2 aliphatic heterocycles. The number of aromatic nitrogens is 4. The number of aryl methyl sites for hydroxylation is 3. The zero-order chi connectivity index (χ0) is 38.0. The van der Waals surface area contributed by atoms with Crippen LogP contribution in [-0.4, -0.2) is 45.7 Å². The summed E-state index contributed by atoms with van der Waals surface area (Å²) in [5, 5.41) is 16.3. The third kappa shape index (κ3) is 8.81. The molecule has 5 aromatic rings. The van der Waals surface area contributed by atoms with Crippen molar-refractivity contribution in [2.24, 2.45) is 0 Å². The summed E-state index contributed by atoms with van der Waals surface area (Å²) in [6, 6.07) is 21.9. The number of hydrogen-bond donors (Lipinski definition) is 0. The smallest absolute Gasteiger partial charge is 0.431 e. The normalized spacial score (nSPS) is 13.5. The Morgan fingerprint density at radius 1 is 0.870 bits per heavy atom. The summed E-state index contributed by atoms with van der Waals surface area (Å²) in [5.74, 6) is -2.12. The molecule has 9 nitrogen and oxygen atoms in total. The van der Waals surface area contributed by atoms with E-state index in [1.807, 2.05) is 117 Å². The van der Waals surface area contributed by atoms with Crippen molar-refractivity contribution in [1.29, 1.82) is 5.26 Å². The molecule has 0 unspecified atom stereocenters. The van der Waals surface area contributed by atoms with Gasteiger partial charge < -0.3 is 34.8 Å². The van der Waals surface area contributed by atoms with Gasteiger partial charge in [0.25, 0.3) is 0 Å². The summed E-state index contributed by atoms with van der Waals surface area (Å²) < 4.78 is 67.2. The minimum absolute atomic E-state index is 0. The van der Waals surface area contributed by atoms with Gasteiger partial charge >= 0.3 is 6.18 Å². The van der Waals surface area contributed by atoms with E-state index in [4.69, 9.17) is 0 Å². The van der Waals surface area contributed by atoms with Gasteiger partial charge in [-0.3, -0.25) is 4.98 Å². The van der Waals surface area contributed by atoms with E-state index < -0.39 is 30.5 Å². The second-order valence-electron chi connectivity index (χ2n) is 12.5. The number of anilines is 2. The van der Waals surface area contributed by atoms with Crippen LogP contribution in [-0.2, 0) is 26.3 Å². The van der Waals surface area contributed by atoms with Crippen molar-refractivity contribution >= 4 is 34.7 Å². The van der Waals surface area contributed by atoms with Gasteiger partial charge in [0.05, 0.1) is 6.07 Å². The Balaban J connectivity index is 0.000000228. The summed E-state index contributed by atoms with van der Waals surface area (Å²) in [7, 11) is 3.91. The molecule has 0 amide bonds. The molecule has 7 rings (SSSR count). The molecule has 0 spiro atoms. The van der Waals surface area contributed by atoms with Crippen LogP contribution in [0.5, 0.6) is 0 Å². The Bertz CT molecular complexity index is 2180. The van der Waals surface area contributed by atoms with Crippen molar-refractivity contribution < 1.29 is 42.1 Å². The van der Waals surface area contributed by atoms with Gasteiger partial charge in [-0.05, 0) is 65.4 Å². The maximum atomic E-state index is 14.3. The molecule has 54 heavy (non-hydrogen) atoms. The number of alkyl halides is 3. The fourth-order valence-electron chi connectivity index (χ4n) is 6.05. The fourth-order valence-corrected chi connectivity index (χ4v) is 6.05. The molecule has 16 heteroatoms. The summed E-state index contributed by atoms with van der Waals surface area (Å²) in [4.78, 5) is 15.4. The van der Waals surface area contributed by atoms with Crippen LogP contribution in [0.15, 0.2) is 79.4 Å². The molecule has 1 radical (unpaired) electrons. The minimum Gasteiger partial charge on any atom is -0.585 e. The molecule has 0 aliphatic carbocycles. The number of nitrogens with zero attached hydrogens (tertiary/aromatic N) is 9. The Morgan fingerprint density at radius 2 is 1.48 bits per heavy atom. The van der Waals surface area contributed by atoms with E-state index in [0.29, 0.717) is 11.2 Å². The molecule has 0 N–H and O–H groups in total. The largest absolute Gasteiger partial charge is 0.585 e. The SMILES string of the molecule is CN1C=CN(c2[c-]c(N3C=CN(C)[CH-]3)cc(C#N)c2)[CH-]1.Cc1cc(C)c(B(c2cccc(-c3[c-]cc(F)nc3F)n2)c2cc(C(F)(F)F)n[n-]2)c(C)c1.[Ir]. The first kappa shape index (κ1) is 39.7. The summed E-state index contributed by atoms with van der Waals surface area (Å²) >= 11 is 0. The number of halogens is 5. The maximum Gasteiger partial charge on any atom is 0.431 e. The molecule has 3 aromatic heterocycles. The number of benzene rings is 2. The van der Waals surface area contributed by atoms with Crippen LogP contribution in [0.4, 0.5) is 33.3 Å². The van der Waals surface area contributed by atoms with E-state index in [-0.39, 0.29) is 37.0 Å². The number of pyridine rings is 2. The van der Waals surface area contributed by atoms with Crippen molar-refractivity contribution in [2.75, 3.05) is 23.9 Å². The Hall–Kier alpha value is -5.52. The molecule has 5 heterocycles. The molecule has 0 fully saturated rings. The maximum absolute atomic E-state index is 14.3. The van der Waals surface area contributed by atoms with Gasteiger partial charge in [-0.2, -0.15) is 37.4 Å². The first-order chi connectivity index (χ1) is 25.2. The van der Waals surface area contributed by atoms with Crippen molar-refractivity contribution in [3.8, 4) is 17.3 Å². The van der Waals surface area contributed by atoms with E-state index in [2.05, 4.69) is 38.4 Å². The quantitative estimate of drug-likeness (QED) is 0.100. The number of rotatable bonds is 6. The first-order valence-corrected chi connectivity index (χ1v) is 16.1. The Morgan fingerprint density at radius 3 is 1.98 bits per heavy atom. The zero-order valence-electron chi connectivity index (χ0n) is 29.5. The third-order valence-electron chi connectivity index (χ3n) is 8.30. The van der Waals surface area contributed by atoms with Gasteiger partial charge in [0.2, 0.25) is 6.71 Å². The summed E-state index contributed by atoms with van der Waals surface area (Å²) in [5.41, 5.74) is 4.92. The molecule has 0 saturated carbocycles. The van der Waals surface area contributed by atoms with Gasteiger partial charge in [0, 0.05) is 25.7 Å². The van der Waals surface area contributed by atoms with Crippen molar-refractivity contribution in [2.45, 2.75) is 26.9 Å². The van der Waals surface area contributed by atoms with Gasteiger partial charge in [-0.25, -0.2) is 8.78 Å². The standard InChI is InChI=1S/C23H16BF5N4.C15H14N5.Ir/c1-12-9-13(2)21(14(3)10-12)24(19-11-17(32-33-19)23(27,28)29)18-6-4-5-16(30-18)15-7-8-20(25)31-22(15)26;1-17-3-5-19(11-17)14-7-13(10-16)8-15(9-14)20-6-4-18(2)12-20;/h4-6,8-11H,1-3H3;3-8,11-12H,1-2H3;/q-2;-3;. The van der Waals surface area contributed by atoms with Crippen molar-refractivity contribution in [3.05, 3.63) is 145 Å². The van der Waals surface area contributed by atoms with Gasteiger partial charge in [-0.1, -0.05) is 75.7 Å². The second-order valence-corrected chi connectivity index (χ2v) is 12.5. The molecular formula is C38H30BF5IrN9-5. The molecule has 0 saturated heterocycles. The first-order valence-electron chi connectivity index (χ1n) is 16.1. The topological polar surface area (TPSA) is 89.5 Å². The monoisotopic (exact) mass is 911 g/mol. The Labute approximate surface area is 323 Å². The molecule has 0 bridgehead atoms. The van der Waals surface area contributed by atoms with Crippen LogP contribution in [0.3, 0.4) is 0 Å². The Kier molecular flexibility index (Phi) is 11.9. The van der Waals surface area contributed by atoms with Crippen LogP contribution in [0.25, 0.3) is 11.3 Å². The number of nitriles is 1. The fraction of sp³-hybridized carbons (Fsp3) is 0.158. The van der Waals surface area contributed by atoms with Crippen molar-refractivity contribution in [3.63, 3.8) is 0 Å². The predicted molar refractivity (Wildman–Crippen MR) is 191 cm³/mol. The van der Waals surface area contributed by atoms with Crippen LogP contribution in [0.1, 0.15) is 27.9 Å². The average Bonchev–Trinajstić information content (AvgIpc) is 3.88. The molecule has 2 aliphatic rings. The number of hydrogen-bond acceptors (Lipinski definition) is 8. The molecule has 2 aromatic carbocycles. The van der Waals surface area contributed by atoms with Crippen LogP contribution < -0.4 is 31.5 Å². The van der Waals surface area contributed by atoms with E-state index in [1.165, 1.54) is 6.07 Å². The van der Waals surface area contributed by atoms with E-state index in [1.54, 1.807) is 12.1 Å². The van der Waals surface area contributed by atoms with Crippen LogP contribution >= 0.6 is 0 Å². The van der Waals surface area contributed by atoms with Crippen LogP contribution in [0.2, 0.25) is 0 Å². The molecule has 279 valence electrons. The van der Waals surface area contributed by atoms with Crippen molar-refractivity contribution in [1.82, 2.24) is 30.0 Å². The van der Waals surface area contributed by atoms with E-state index in [9.17, 15) is 27.2 Å². The summed E-state index contributed by atoms with van der Waals surface area (Å²) in [6.07, 6.45) is 3.11. The van der Waals surface area contributed by atoms with E-state index >= 15 is 0 Å². The second kappa shape index (κ2) is 16.2. The van der Waals surface area contributed by atoms with Gasteiger partial charge in [0.15, 0.2) is 0 Å².